The van der Waals surface area contributed by atoms with Crippen LogP contribution in [0.25, 0.3) is 0 Å². The van der Waals surface area contributed by atoms with E-state index in [0.717, 1.165) is 11.1 Å². The molecule has 0 spiro atoms. The van der Waals surface area contributed by atoms with Crippen molar-refractivity contribution in [2.75, 3.05) is 32.8 Å². The van der Waals surface area contributed by atoms with E-state index in [2.05, 4.69) is 24.2 Å². The maximum absolute atomic E-state index is 13.3. The van der Waals surface area contributed by atoms with Gasteiger partial charge >= 0.3 is 0 Å². The second kappa shape index (κ2) is 6.94. The molecule has 2 aromatic rings. The lowest BCUT2D eigenvalue weighted by Gasteiger charge is -2.40. The molecule has 0 aliphatic carbocycles. The van der Waals surface area contributed by atoms with Gasteiger partial charge in [-0.05, 0) is 31.9 Å². The number of likely N-dealkylation sites (tertiary alicyclic amines) is 2. The molecule has 0 radical (unpaired) electrons. The van der Waals surface area contributed by atoms with Crippen molar-refractivity contribution < 1.29 is 18.8 Å². The van der Waals surface area contributed by atoms with Crippen LogP contribution in [0.5, 0.6) is 0 Å². The zero-order valence-electron chi connectivity index (χ0n) is 17.6. The van der Waals surface area contributed by atoms with Gasteiger partial charge in [-0.3, -0.25) is 9.59 Å². The summed E-state index contributed by atoms with van der Waals surface area (Å²) >= 11 is 0. The molecule has 1 aromatic heterocycles. The van der Waals surface area contributed by atoms with E-state index in [9.17, 15) is 9.59 Å². The monoisotopic (exact) mass is 409 g/mol. The molecule has 4 heterocycles. The summed E-state index contributed by atoms with van der Waals surface area (Å²) in [4.78, 5) is 30.3. The van der Waals surface area contributed by atoms with Crippen LogP contribution in [-0.4, -0.2) is 59.6 Å². The lowest BCUT2D eigenvalue weighted by atomic mass is 9.86. The minimum absolute atomic E-state index is 0.0858. The summed E-state index contributed by atoms with van der Waals surface area (Å²) in [5, 5.41) is 3.89. The Hall–Kier alpha value is -2.67. The fourth-order valence-corrected chi connectivity index (χ4v) is 5.26. The third-order valence-electron chi connectivity index (χ3n) is 6.92. The quantitative estimate of drug-likeness (QED) is 0.779. The third-order valence-corrected chi connectivity index (χ3v) is 6.92. The molecule has 3 fully saturated rings. The summed E-state index contributed by atoms with van der Waals surface area (Å²) in [5.41, 5.74) is 2.59. The first-order valence-electron chi connectivity index (χ1n) is 10.5. The van der Waals surface area contributed by atoms with E-state index in [1.54, 1.807) is 6.07 Å². The minimum Gasteiger partial charge on any atom is -0.379 e. The topological polar surface area (TPSA) is 75.9 Å². The molecule has 0 unspecified atom stereocenters. The number of benzene rings is 1. The number of aromatic nitrogens is 1. The van der Waals surface area contributed by atoms with Crippen LogP contribution in [0.15, 0.2) is 34.9 Å². The fourth-order valence-electron chi connectivity index (χ4n) is 5.26. The number of nitrogens with zero attached hydrogens (tertiary/aromatic N) is 3. The van der Waals surface area contributed by atoms with Gasteiger partial charge in [-0.1, -0.05) is 29.4 Å². The van der Waals surface area contributed by atoms with Crippen molar-refractivity contribution in [2.45, 2.75) is 26.8 Å². The van der Waals surface area contributed by atoms with Gasteiger partial charge in [-0.2, -0.15) is 0 Å². The van der Waals surface area contributed by atoms with Crippen molar-refractivity contribution in [3.05, 3.63) is 52.9 Å². The first-order valence-corrected chi connectivity index (χ1v) is 10.5. The summed E-state index contributed by atoms with van der Waals surface area (Å²) in [7, 11) is 0. The molecule has 3 aliphatic heterocycles. The van der Waals surface area contributed by atoms with Gasteiger partial charge in [0.15, 0.2) is 0 Å². The Morgan fingerprint density at radius 1 is 1.13 bits per heavy atom. The average molecular weight is 409 g/mol. The van der Waals surface area contributed by atoms with Crippen molar-refractivity contribution in [2.24, 2.45) is 17.3 Å². The van der Waals surface area contributed by atoms with Gasteiger partial charge in [-0.25, -0.2) is 0 Å². The standard InChI is InChI=1S/C23H27N3O4/c1-14-6-4-5-7-17(14)20-18-11-25(22(28)23(3)12-29-13-23)9-16(18)10-26(20)21(27)19-8-15(2)24-30-19/h4-8,16,18,20H,9-13H2,1-3H3/t16-,18-,20+/m0/s1. The largest absolute Gasteiger partial charge is 0.379 e. The highest BCUT2D eigenvalue weighted by molar-refractivity contribution is 5.92. The van der Waals surface area contributed by atoms with Crippen LogP contribution in [0.2, 0.25) is 0 Å². The van der Waals surface area contributed by atoms with Crippen molar-refractivity contribution in [1.82, 2.24) is 15.0 Å². The number of fused-ring (bicyclic) bond motifs is 1. The van der Waals surface area contributed by atoms with Gasteiger partial charge in [0.1, 0.15) is 0 Å². The Kier molecular flexibility index (Phi) is 4.47. The molecule has 158 valence electrons. The SMILES string of the molecule is Cc1cc(C(=O)N2C[C@@H]3CN(C(=O)C4(C)COC4)C[C@@H]3[C@H]2c2ccccc2C)on1. The van der Waals surface area contributed by atoms with Gasteiger partial charge in [0.05, 0.1) is 30.4 Å². The van der Waals surface area contributed by atoms with E-state index < -0.39 is 5.41 Å². The van der Waals surface area contributed by atoms with Crippen molar-refractivity contribution in [3.8, 4) is 0 Å². The number of carbonyl (C=O) groups excluding carboxylic acids is 2. The van der Waals surface area contributed by atoms with Crippen LogP contribution in [-0.2, 0) is 9.53 Å². The molecule has 7 heteroatoms. The van der Waals surface area contributed by atoms with Crippen molar-refractivity contribution >= 4 is 11.8 Å². The molecule has 5 rings (SSSR count). The average Bonchev–Trinajstić information content (AvgIpc) is 3.39. The van der Waals surface area contributed by atoms with Gasteiger partial charge in [0, 0.05) is 37.5 Å². The number of hydrogen-bond donors (Lipinski definition) is 0. The molecule has 0 saturated carbocycles. The fraction of sp³-hybridized carbons (Fsp3) is 0.522. The van der Waals surface area contributed by atoms with Crippen LogP contribution in [0, 0.1) is 31.1 Å². The smallest absolute Gasteiger partial charge is 0.293 e. The first-order chi connectivity index (χ1) is 14.4. The zero-order valence-corrected chi connectivity index (χ0v) is 17.6. The van der Waals surface area contributed by atoms with Gasteiger partial charge in [0.2, 0.25) is 11.7 Å². The van der Waals surface area contributed by atoms with E-state index in [0.29, 0.717) is 38.5 Å². The second-order valence-corrected chi connectivity index (χ2v) is 9.28. The van der Waals surface area contributed by atoms with Crippen molar-refractivity contribution in [3.63, 3.8) is 0 Å². The normalized spacial score (nSPS) is 27.1. The van der Waals surface area contributed by atoms with Crippen LogP contribution in [0.3, 0.4) is 0 Å². The Labute approximate surface area is 176 Å². The van der Waals surface area contributed by atoms with E-state index in [4.69, 9.17) is 9.26 Å². The highest BCUT2D eigenvalue weighted by atomic mass is 16.5. The Balaban J connectivity index is 1.46. The Bertz CT molecular complexity index is 996. The number of rotatable bonds is 3. The molecular weight excluding hydrogens is 382 g/mol. The summed E-state index contributed by atoms with van der Waals surface area (Å²) in [6, 6.07) is 9.81. The minimum atomic E-state index is -0.399. The molecule has 0 bridgehead atoms. The zero-order chi connectivity index (χ0) is 21.0. The number of hydrogen-bond acceptors (Lipinski definition) is 5. The van der Waals surface area contributed by atoms with E-state index in [-0.39, 0.29) is 35.5 Å². The summed E-state index contributed by atoms with van der Waals surface area (Å²) in [6.07, 6.45) is 0. The second-order valence-electron chi connectivity index (χ2n) is 9.28. The maximum Gasteiger partial charge on any atom is 0.293 e. The van der Waals surface area contributed by atoms with Crippen LogP contribution in [0.1, 0.15) is 40.3 Å². The van der Waals surface area contributed by atoms with Crippen LogP contribution < -0.4 is 0 Å². The molecule has 3 saturated heterocycles. The van der Waals surface area contributed by atoms with Crippen LogP contribution >= 0.6 is 0 Å². The first kappa shape index (κ1) is 19.3. The molecule has 3 atom stereocenters. The molecule has 2 amide bonds. The van der Waals surface area contributed by atoms with Gasteiger partial charge in [-0.15, -0.1) is 0 Å². The lowest BCUT2D eigenvalue weighted by molar-refractivity contribution is -0.168. The number of ether oxygens (including phenoxy) is 1. The third kappa shape index (κ3) is 2.95. The van der Waals surface area contributed by atoms with Gasteiger partial charge in [0.25, 0.3) is 5.91 Å². The van der Waals surface area contributed by atoms with E-state index >= 15 is 0 Å². The Morgan fingerprint density at radius 3 is 2.53 bits per heavy atom. The molecule has 30 heavy (non-hydrogen) atoms. The Morgan fingerprint density at radius 2 is 1.90 bits per heavy atom. The number of carbonyl (C=O) groups is 2. The molecule has 1 aromatic carbocycles. The highest BCUT2D eigenvalue weighted by Gasteiger charge is 2.53. The molecule has 7 nitrogen and oxygen atoms in total. The molecular formula is C23H27N3O4. The summed E-state index contributed by atoms with van der Waals surface area (Å²) in [6.45, 7) is 8.81. The van der Waals surface area contributed by atoms with Crippen molar-refractivity contribution in [1.29, 1.82) is 0 Å². The van der Waals surface area contributed by atoms with Gasteiger partial charge < -0.3 is 19.1 Å². The number of aryl methyl sites for hydroxylation is 2. The summed E-state index contributed by atoms with van der Waals surface area (Å²) in [5.74, 6) is 0.771. The summed E-state index contributed by atoms with van der Waals surface area (Å²) < 4.78 is 10.6. The van der Waals surface area contributed by atoms with E-state index in [1.807, 2.05) is 35.8 Å². The van der Waals surface area contributed by atoms with E-state index in [1.165, 1.54) is 0 Å². The molecule has 0 N–H and O–H groups in total. The molecule has 3 aliphatic rings. The lowest BCUT2D eigenvalue weighted by Crippen LogP contribution is -2.53. The maximum atomic E-state index is 13.3. The number of amides is 2. The predicted molar refractivity (Wildman–Crippen MR) is 109 cm³/mol. The predicted octanol–water partition coefficient (Wildman–Crippen LogP) is 2.60. The van der Waals surface area contributed by atoms with Crippen LogP contribution in [0.4, 0.5) is 0 Å². The highest BCUT2D eigenvalue weighted by Crippen LogP contribution is 2.47.